The van der Waals surface area contributed by atoms with Gasteiger partial charge < -0.3 is 14.7 Å². The number of rotatable bonds is 4. The van der Waals surface area contributed by atoms with Crippen molar-refractivity contribution < 1.29 is 27.9 Å². The number of carbonyl (C=O) groups is 2. The second kappa shape index (κ2) is 9.59. The molecule has 1 aromatic carbocycles. The van der Waals surface area contributed by atoms with E-state index in [1.807, 2.05) is 6.07 Å². The number of esters is 1. The van der Waals surface area contributed by atoms with Crippen LogP contribution >= 0.6 is 0 Å². The van der Waals surface area contributed by atoms with Gasteiger partial charge in [-0.05, 0) is 105 Å². The monoisotopic (exact) mass is 553 g/mol. The quantitative estimate of drug-likeness (QED) is 0.552. The molecule has 208 valence electrons. The van der Waals surface area contributed by atoms with Crippen molar-refractivity contribution in [3.63, 3.8) is 0 Å². The minimum atomic E-state index is -3.91. The number of amides is 1. The number of hydrogen-bond acceptors (Lipinski definition) is 7. The summed E-state index contributed by atoms with van der Waals surface area (Å²) in [5.41, 5.74) is 2.61. The zero-order chi connectivity index (χ0) is 27.5. The smallest absolute Gasteiger partial charge is 0.329 e. The molecule has 3 fully saturated rings. The highest BCUT2D eigenvalue weighted by atomic mass is 32.2. The molecule has 3 aliphatic carbocycles. The van der Waals surface area contributed by atoms with E-state index in [0.29, 0.717) is 42.9 Å². The van der Waals surface area contributed by atoms with Crippen LogP contribution in [0.4, 0.5) is 0 Å². The number of aromatic hydroxyl groups is 1. The van der Waals surface area contributed by atoms with Gasteiger partial charge in [-0.1, -0.05) is 13.0 Å². The Labute approximate surface area is 228 Å². The van der Waals surface area contributed by atoms with Gasteiger partial charge in [-0.15, -0.1) is 0 Å². The Hall–Kier alpha value is -2.98. The maximum Gasteiger partial charge on any atom is 0.329 e. The lowest BCUT2D eigenvalue weighted by Crippen LogP contribution is -2.47. The van der Waals surface area contributed by atoms with Gasteiger partial charge in [0.2, 0.25) is 10.0 Å². The highest BCUT2D eigenvalue weighted by Gasteiger charge is 2.56. The average molecular weight is 554 g/mol. The molecule has 2 saturated carbocycles. The summed E-state index contributed by atoms with van der Waals surface area (Å²) in [6, 6.07) is 7.71. The van der Waals surface area contributed by atoms with Gasteiger partial charge >= 0.3 is 5.97 Å². The predicted octanol–water partition coefficient (Wildman–Crippen LogP) is 3.51. The van der Waals surface area contributed by atoms with Crippen molar-refractivity contribution in [3.8, 4) is 5.75 Å². The minimum Gasteiger partial charge on any atom is -0.508 e. The largest absolute Gasteiger partial charge is 0.508 e. The molecule has 1 amide bonds. The zero-order valence-corrected chi connectivity index (χ0v) is 22.9. The lowest BCUT2D eigenvalue weighted by Gasteiger charge is -2.50. The Bertz CT molecular complexity index is 1410. The third-order valence-corrected chi connectivity index (χ3v) is 10.8. The SMILES string of the molecule is C[C@]12CC[C@@H]3c4ccc(O)cc4CC[C@H]3[C@@H]1CC[C@@H]2OC(=O)[C@@H]1CCCN1C(=O)c1ccc(S(N)(=O)=O)cn1. The van der Waals surface area contributed by atoms with Gasteiger partial charge in [0.15, 0.2) is 0 Å². The topological polar surface area (TPSA) is 140 Å². The summed E-state index contributed by atoms with van der Waals surface area (Å²) in [5, 5.41) is 15.1. The van der Waals surface area contributed by atoms with E-state index in [1.165, 1.54) is 28.2 Å². The molecule has 1 aromatic heterocycles. The van der Waals surface area contributed by atoms with Crippen LogP contribution in [0.2, 0.25) is 0 Å². The number of fused-ring (bicyclic) bond motifs is 5. The van der Waals surface area contributed by atoms with Gasteiger partial charge in [-0.25, -0.2) is 23.3 Å². The number of aryl methyl sites for hydroxylation is 1. The molecular weight excluding hydrogens is 518 g/mol. The van der Waals surface area contributed by atoms with Crippen molar-refractivity contribution in [2.45, 2.75) is 81.2 Å². The molecule has 3 N–H and O–H groups in total. The van der Waals surface area contributed by atoms with Crippen molar-refractivity contribution in [1.29, 1.82) is 0 Å². The van der Waals surface area contributed by atoms with E-state index >= 15 is 0 Å². The fraction of sp³-hybridized carbons (Fsp3) is 0.552. The minimum absolute atomic E-state index is 0.0687. The number of benzene rings is 1. The van der Waals surface area contributed by atoms with Gasteiger partial charge in [0.25, 0.3) is 5.91 Å². The number of primary sulfonamides is 1. The van der Waals surface area contributed by atoms with Crippen LogP contribution in [0.25, 0.3) is 0 Å². The molecule has 9 nitrogen and oxygen atoms in total. The van der Waals surface area contributed by atoms with Crippen molar-refractivity contribution in [3.05, 3.63) is 53.3 Å². The first-order chi connectivity index (χ1) is 18.6. The number of pyridine rings is 1. The molecule has 10 heteroatoms. The first-order valence-electron chi connectivity index (χ1n) is 13.9. The number of aromatic nitrogens is 1. The predicted molar refractivity (Wildman–Crippen MR) is 142 cm³/mol. The van der Waals surface area contributed by atoms with Crippen molar-refractivity contribution in [1.82, 2.24) is 9.88 Å². The summed E-state index contributed by atoms with van der Waals surface area (Å²) in [6.07, 6.45) is 8.02. The normalized spacial score (nSPS) is 31.7. The number of ether oxygens (including phenoxy) is 1. The van der Waals surface area contributed by atoms with Crippen LogP contribution in [-0.4, -0.2) is 54.0 Å². The molecule has 39 heavy (non-hydrogen) atoms. The molecule has 0 radical (unpaired) electrons. The van der Waals surface area contributed by atoms with Gasteiger partial charge in [0, 0.05) is 18.2 Å². The third kappa shape index (κ3) is 4.51. The maximum atomic E-state index is 13.5. The Morgan fingerprint density at radius 3 is 2.69 bits per heavy atom. The van der Waals surface area contributed by atoms with E-state index < -0.39 is 22.0 Å². The molecule has 0 spiro atoms. The number of phenolic OH excluding ortho intramolecular Hbond substituents is 1. The molecule has 6 rings (SSSR count). The Balaban J connectivity index is 1.15. The number of hydrogen-bond donors (Lipinski definition) is 2. The number of likely N-dealkylation sites (tertiary alicyclic amines) is 1. The zero-order valence-electron chi connectivity index (χ0n) is 22.1. The molecule has 1 saturated heterocycles. The van der Waals surface area contributed by atoms with Crippen LogP contribution in [-0.2, 0) is 26.0 Å². The molecule has 0 unspecified atom stereocenters. The lowest BCUT2D eigenvalue weighted by atomic mass is 9.55. The lowest BCUT2D eigenvalue weighted by molar-refractivity contribution is -0.162. The van der Waals surface area contributed by atoms with Gasteiger partial charge in [0.1, 0.15) is 28.5 Å². The summed E-state index contributed by atoms with van der Waals surface area (Å²) in [7, 11) is -3.91. The fourth-order valence-corrected chi connectivity index (χ4v) is 8.47. The van der Waals surface area contributed by atoms with Crippen LogP contribution in [0.1, 0.15) is 79.4 Å². The number of nitrogens with two attached hydrogens (primary N) is 1. The van der Waals surface area contributed by atoms with E-state index in [9.17, 15) is 23.1 Å². The molecular formula is C29H35N3O6S. The van der Waals surface area contributed by atoms with Crippen LogP contribution in [0.5, 0.6) is 5.75 Å². The van der Waals surface area contributed by atoms with Crippen LogP contribution in [0.3, 0.4) is 0 Å². The first-order valence-corrected chi connectivity index (χ1v) is 15.4. The molecule has 2 heterocycles. The molecule has 6 atom stereocenters. The summed E-state index contributed by atoms with van der Waals surface area (Å²) in [5.74, 6) is 1.05. The standard InChI is InChI=1S/C29H35N3O6S/c1-29-13-12-21-20-8-5-18(33)15-17(20)4-7-22(21)23(29)9-11-26(29)38-28(35)25-3-2-14-32(25)27(34)24-10-6-19(16-31-24)39(30,36)37/h5-6,8,10,15-16,21-23,25-26,33H,2-4,7,9,11-14H2,1H3,(H2,30,36,37)/t21-,22-,23+,25+,26+,29+/m1/s1. The van der Waals surface area contributed by atoms with Crippen molar-refractivity contribution in [2.75, 3.05) is 6.54 Å². The fourth-order valence-electron chi connectivity index (χ4n) is 8.01. The summed E-state index contributed by atoms with van der Waals surface area (Å²) < 4.78 is 29.3. The third-order valence-electron chi connectivity index (χ3n) is 9.95. The van der Waals surface area contributed by atoms with Crippen LogP contribution < -0.4 is 5.14 Å². The Morgan fingerprint density at radius 2 is 1.95 bits per heavy atom. The molecule has 4 aliphatic rings. The summed E-state index contributed by atoms with van der Waals surface area (Å²) >= 11 is 0. The summed E-state index contributed by atoms with van der Waals surface area (Å²) in [6.45, 7) is 2.69. The number of sulfonamides is 1. The first kappa shape index (κ1) is 26.3. The average Bonchev–Trinajstić information content (AvgIpc) is 3.52. The Morgan fingerprint density at radius 1 is 1.13 bits per heavy atom. The highest BCUT2D eigenvalue weighted by molar-refractivity contribution is 7.89. The maximum absolute atomic E-state index is 13.5. The highest BCUT2D eigenvalue weighted by Crippen LogP contribution is 2.61. The second-order valence-electron chi connectivity index (χ2n) is 11.9. The molecule has 1 aliphatic heterocycles. The van der Waals surface area contributed by atoms with E-state index in [2.05, 4.69) is 18.0 Å². The van der Waals surface area contributed by atoms with Gasteiger partial charge in [-0.2, -0.15) is 0 Å². The summed E-state index contributed by atoms with van der Waals surface area (Å²) in [4.78, 5) is 32.0. The van der Waals surface area contributed by atoms with Gasteiger partial charge in [-0.3, -0.25) is 4.79 Å². The number of nitrogens with zero attached hydrogens (tertiary/aromatic N) is 2. The van der Waals surface area contributed by atoms with E-state index in [4.69, 9.17) is 9.88 Å². The van der Waals surface area contributed by atoms with E-state index in [0.717, 1.165) is 44.7 Å². The van der Waals surface area contributed by atoms with Crippen molar-refractivity contribution >= 4 is 21.9 Å². The van der Waals surface area contributed by atoms with Gasteiger partial charge in [0.05, 0.1) is 0 Å². The number of carbonyl (C=O) groups excluding carboxylic acids is 2. The van der Waals surface area contributed by atoms with Crippen LogP contribution in [0.15, 0.2) is 41.4 Å². The van der Waals surface area contributed by atoms with Crippen molar-refractivity contribution in [2.24, 2.45) is 22.4 Å². The van der Waals surface area contributed by atoms with E-state index in [-0.39, 0.29) is 28.1 Å². The Kier molecular flexibility index (Phi) is 6.45. The number of phenols is 1. The van der Waals surface area contributed by atoms with E-state index in [1.54, 1.807) is 6.07 Å². The van der Waals surface area contributed by atoms with Crippen LogP contribution in [0, 0.1) is 17.3 Å². The second-order valence-corrected chi connectivity index (χ2v) is 13.5. The molecule has 0 bridgehead atoms. The molecule has 2 aromatic rings.